The molecular weight excluding hydrogens is 396 g/mol. The summed E-state index contributed by atoms with van der Waals surface area (Å²) in [7, 11) is 0. The zero-order chi connectivity index (χ0) is 22.2. The van der Waals surface area contributed by atoms with Crippen molar-refractivity contribution < 1.29 is 4.79 Å². The van der Waals surface area contributed by atoms with Crippen LogP contribution < -0.4 is 0 Å². The summed E-state index contributed by atoms with van der Waals surface area (Å²) in [5.41, 5.74) is 3.61. The zero-order valence-corrected chi connectivity index (χ0v) is 19.7. The normalized spacial score (nSPS) is 26.8. The van der Waals surface area contributed by atoms with Crippen molar-refractivity contribution in [3.05, 3.63) is 41.6 Å². The third-order valence-electron chi connectivity index (χ3n) is 7.75. The molecule has 1 unspecified atom stereocenters. The summed E-state index contributed by atoms with van der Waals surface area (Å²) >= 11 is 0. The first-order valence-corrected chi connectivity index (χ1v) is 12.4. The molecule has 3 aliphatic rings. The molecule has 0 aliphatic carbocycles. The van der Waals surface area contributed by atoms with Gasteiger partial charge in [0.05, 0.1) is 5.52 Å². The van der Waals surface area contributed by atoms with Crippen LogP contribution in [0.5, 0.6) is 0 Å². The highest BCUT2D eigenvalue weighted by atomic mass is 16.2. The molecule has 170 valence electrons. The van der Waals surface area contributed by atoms with Crippen molar-refractivity contribution in [1.82, 2.24) is 14.8 Å². The van der Waals surface area contributed by atoms with Crippen molar-refractivity contribution in [3.8, 4) is 0 Å². The number of carbonyl (C=O) groups is 1. The Morgan fingerprint density at radius 3 is 2.59 bits per heavy atom. The maximum atomic E-state index is 13.3. The number of aromatic nitrogens is 1. The molecule has 5 heteroatoms. The Morgan fingerprint density at radius 1 is 1.12 bits per heavy atom. The minimum Gasteiger partial charge on any atom is -0.342 e. The van der Waals surface area contributed by atoms with Crippen LogP contribution in [0.1, 0.15) is 69.5 Å². The lowest BCUT2D eigenvalue weighted by Gasteiger charge is -2.39. The van der Waals surface area contributed by atoms with E-state index in [-0.39, 0.29) is 6.04 Å². The number of likely N-dealkylation sites (tertiary alicyclic amines) is 2. The van der Waals surface area contributed by atoms with Crippen molar-refractivity contribution in [2.45, 2.75) is 64.5 Å². The number of hydrogen-bond donors (Lipinski definition) is 0. The molecule has 0 radical (unpaired) electrons. The highest BCUT2D eigenvalue weighted by molar-refractivity contribution is 5.92. The second-order valence-corrected chi connectivity index (χ2v) is 10.5. The first-order chi connectivity index (χ1) is 15.5. The molecule has 1 aromatic heterocycles. The van der Waals surface area contributed by atoms with E-state index >= 15 is 0 Å². The molecular formula is C27H36N4O. The molecule has 1 aromatic carbocycles. The number of fused-ring (bicyclic) bond motifs is 1. The van der Waals surface area contributed by atoms with Gasteiger partial charge >= 0.3 is 0 Å². The molecule has 4 heterocycles. The van der Waals surface area contributed by atoms with E-state index in [1.165, 1.54) is 16.5 Å². The van der Waals surface area contributed by atoms with Gasteiger partial charge in [-0.1, -0.05) is 25.1 Å². The maximum absolute atomic E-state index is 13.3. The van der Waals surface area contributed by atoms with E-state index in [0.29, 0.717) is 36.1 Å². The third-order valence-corrected chi connectivity index (χ3v) is 7.75. The average Bonchev–Trinajstić information content (AvgIpc) is 3.63. The Morgan fingerprint density at radius 2 is 1.88 bits per heavy atom. The van der Waals surface area contributed by atoms with Crippen LogP contribution in [-0.2, 0) is 4.79 Å². The van der Waals surface area contributed by atoms with Gasteiger partial charge in [-0.15, -0.1) is 0 Å². The van der Waals surface area contributed by atoms with Crippen LogP contribution in [0.3, 0.4) is 0 Å². The molecule has 0 saturated carbocycles. The monoisotopic (exact) mass is 432 g/mol. The van der Waals surface area contributed by atoms with Crippen LogP contribution in [-0.4, -0.2) is 59.1 Å². The Kier molecular flexibility index (Phi) is 6.02. The molecule has 3 atom stereocenters. The minimum atomic E-state index is 0.201. The zero-order valence-electron chi connectivity index (χ0n) is 19.7. The fourth-order valence-corrected chi connectivity index (χ4v) is 5.84. The summed E-state index contributed by atoms with van der Waals surface area (Å²) in [5, 5.41) is 1.23. The first-order valence-electron chi connectivity index (χ1n) is 12.4. The molecule has 2 saturated heterocycles. The SMILES string of the molecule is CC(C)N1CCC(CC(=O)N2C[C@H](C)C[C@H](c3ccc(C4C=N4)c4ncccc34)C2)CC1. The standard InChI is InChI=1S/C27H36N4O/c1-18(2)30-11-8-20(9-12-30)14-26(32)31-16-19(3)13-21(17-31)22-6-7-24(25-15-29-25)27-23(22)5-4-10-28-27/h4-7,10,15,18-21,25H,8-9,11-14,16-17H2,1-3H3/t19-,21+,25?/m1/s1. The number of amides is 1. The lowest BCUT2D eigenvalue weighted by Crippen LogP contribution is -2.44. The molecule has 5 rings (SSSR count). The van der Waals surface area contributed by atoms with Crippen molar-refractivity contribution in [1.29, 1.82) is 0 Å². The van der Waals surface area contributed by atoms with Crippen LogP contribution in [0.2, 0.25) is 0 Å². The van der Waals surface area contributed by atoms with Crippen LogP contribution in [0.25, 0.3) is 10.9 Å². The number of pyridine rings is 1. The van der Waals surface area contributed by atoms with Crippen LogP contribution in [0.15, 0.2) is 35.5 Å². The summed E-state index contributed by atoms with van der Waals surface area (Å²) in [4.78, 5) is 27.1. The number of nitrogens with zero attached hydrogens (tertiary/aromatic N) is 4. The van der Waals surface area contributed by atoms with Gasteiger partial charge in [-0.2, -0.15) is 0 Å². The van der Waals surface area contributed by atoms with E-state index in [9.17, 15) is 4.79 Å². The molecule has 0 spiro atoms. The van der Waals surface area contributed by atoms with E-state index in [2.05, 4.69) is 53.8 Å². The molecule has 1 amide bonds. The lowest BCUT2D eigenvalue weighted by atomic mass is 9.82. The lowest BCUT2D eigenvalue weighted by molar-refractivity contribution is -0.134. The van der Waals surface area contributed by atoms with Gasteiger partial charge in [-0.25, -0.2) is 0 Å². The second-order valence-electron chi connectivity index (χ2n) is 10.5. The number of rotatable bonds is 5. The number of aliphatic imine (C=N–C) groups is 1. The van der Waals surface area contributed by atoms with E-state index < -0.39 is 0 Å². The summed E-state index contributed by atoms with van der Waals surface area (Å²) in [5.74, 6) is 1.77. The van der Waals surface area contributed by atoms with Crippen LogP contribution in [0, 0.1) is 11.8 Å². The molecule has 0 N–H and O–H groups in total. The molecule has 32 heavy (non-hydrogen) atoms. The molecule has 3 aliphatic heterocycles. The topological polar surface area (TPSA) is 48.8 Å². The van der Waals surface area contributed by atoms with Crippen LogP contribution >= 0.6 is 0 Å². The fourth-order valence-electron chi connectivity index (χ4n) is 5.84. The Hall–Kier alpha value is -2.27. The molecule has 5 nitrogen and oxygen atoms in total. The van der Waals surface area contributed by atoms with Gasteiger partial charge in [-0.05, 0) is 69.7 Å². The number of piperidine rings is 2. The van der Waals surface area contributed by atoms with Gasteiger partial charge in [0, 0.05) is 54.8 Å². The van der Waals surface area contributed by atoms with Crippen molar-refractivity contribution in [2.24, 2.45) is 16.8 Å². The van der Waals surface area contributed by atoms with Gasteiger partial charge in [-0.3, -0.25) is 14.8 Å². The number of carbonyl (C=O) groups excluding carboxylic acids is 1. The van der Waals surface area contributed by atoms with Gasteiger partial charge in [0.25, 0.3) is 0 Å². The van der Waals surface area contributed by atoms with Crippen molar-refractivity contribution in [3.63, 3.8) is 0 Å². The predicted molar refractivity (Wildman–Crippen MR) is 130 cm³/mol. The van der Waals surface area contributed by atoms with Crippen molar-refractivity contribution in [2.75, 3.05) is 26.2 Å². The Labute approximate surface area is 191 Å². The predicted octanol–water partition coefficient (Wildman–Crippen LogP) is 4.82. The number of hydrogen-bond acceptors (Lipinski definition) is 4. The van der Waals surface area contributed by atoms with Gasteiger partial charge < -0.3 is 9.80 Å². The highest BCUT2D eigenvalue weighted by Gasteiger charge is 2.32. The first kappa shape index (κ1) is 21.6. The van der Waals surface area contributed by atoms with E-state index in [1.54, 1.807) is 0 Å². The molecule has 0 bridgehead atoms. The Balaban J connectivity index is 1.30. The fraction of sp³-hybridized carbons (Fsp3) is 0.593. The Bertz CT molecular complexity index is 1000. The average molecular weight is 433 g/mol. The minimum absolute atomic E-state index is 0.201. The number of benzene rings is 1. The quantitative estimate of drug-likeness (QED) is 0.680. The summed E-state index contributed by atoms with van der Waals surface area (Å²) < 4.78 is 0. The van der Waals surface area contributed by atoms with E-state index in [0.717, 1.165) is 51.0 Å². The highest BCUT2D eigenvalue weighted by Crippen LogP contribution is 2.38. The van der Waals surface area contributed by atoms with Crippen molar-refractivity contribution >= 4 is 23.0 Å². The van der Waals surface area contributed by atoms with E-state index in [4.69, 9.17) is 4.98 Å². The van der Waals surface area contributed by atoms with Gasteiger partial charge in [0.15, 0.2) is 0 Å². The largest absolute Gasteiger partial charge is 0.342 e. The van der Waals surface area contributed by atoms with Crippen LogP contribution in [0.4, 0.5) is 0 Å². The third kappa shape index (κ3) is 4.45. The smallest absolute Gasteiger partial charge is 0.222 e. The molecule has 2 aromatic rings. The summed E-state index contributed by atoms with van der Waals surface area (Å²) in [6, 6.07) is 9.51. The maximum Gasteiger partial charge on any atom is 0.222 e. The van der Waals surface area contributed by atoms with E-state index in [1.807, 2.05) is 18.5 Å². The summed E-state index contributed by atoms with van der Waals surface area (Å²) in [6.07, 6.45) is 8.00. The van der Waals surface area contributed by atoms with Gasteiger partial charge in [0.1, 0.15) is 6.04 Å². The summed E-state index contributed by atoms with van der Waals surface area (Å²) in [6.45, 7) is 10.8. The van der Waals surface area contributed by atoms with Gasteiger partial charge in [0.2, 0.25) is 5.91 Å². The molecule has 2 fully saturated rings. The second kappa shape index (κ2) is 8.93.